The van der Waals surface area contributed by atoms with Gasteiger partial charge in [-0.25, -0.2) is 22.8 Å². The Morgan fingerprint density at radius 1 is 1.09 bits per heavy atom. The molecule has 316 valence electrons. The number of alkyl carbamates (subject to hydrolysis) is 2. The molecule has 1 saturated heterocycles. The van der Waals surface area contributed by atoms with E-state index in [9.17, 15) is 37.2 Å². The minimum absolute atomic E-state index is 0.00144. The molecule has 1 aromatic carbocycles. The zero-order valence-electron chi connectivity index (χ0n) is 33.7. The summed E-state index contributed by atoms with van der Waals surface area (Å²) in [6.07, 6.45) is 2.43. The van der Waals surface area contributed by atoms with E-state index >= 15 is 0 Å². The second-order valence-electron chi connectivity index (χ2n) is 17.7. The van der Waals surface area contributed by atoms with E-state index in [4.69, 9.17) is 14.2 Å². The number of carbonyl (C=O) groups excluding carboxylic acids is 6. The molecule has 2 aliphatic carbocycles. The van der Waals surface area contributed by atoms with Gasteiger partial charge in [0.1, 0.15) is 29.3 Å². The van der Waals surface area contributed by atoms with Gasteiger partial charge in [-0.2, -0.15) is 0 Å². The van der Waals surface area contributed by atoms with Crippen LogP contribution < -0.4 is 20.7 Å². The highest BCUT2D eigenvalue weighted by Crippen LogP contribution is 2.38. The summed E-state index contributed by atoms with van der Waals surface area (Å²) >= 11 is 0. The molecule has 3 atom stereocenters. The monoisotopic (exact) mass is 826 g/mol. The number of ether oxygens (including phenoxy) is 3. The summed E-state index contributed by atoms with van der Waals surface area (Å²) in [5.41, 5.74) is 0.482. The van der Waals surface area contributed by atoms with Crippen LogP contribution in [-0.4, -0.2) is 108 Å². The lowest BCUT2D eigenvalue weighted by molar-refractivity contribution is -0.142. The molecule has 4 N–H and O–H groups in total. The molecular weight excluding hydrogens is 773 g/mol. The van der Waals surface area contributed by atoms with E-state index in [0.29, 0.717) is 31.3 Å². The minimum Gasteiger partial charge on any atom is -0.449 e. The molecule has 3 fully saturated rings. The van der Waals surface area contributed by atoms with E-state index in [1.807, 2.05) is 44.2 Å². The van der Waals surface area contributed by atoms with Crippen molar-refractivity contribution < 1.29 is 51.4 Å². The second kappa shape index (κ2) is 16.3. The van der Waals surface area contributed by atoms with E-state index in [1.165, 1.54) is 4.90 Å². The summed E-state index contributed by atoms with van der Waals surface area (Å²) in [4.78, 5) is 84.7. The van der Waals surface area contributed by atoms with E-state index in [2.05, 4.69) is 27.3 Å². The summed E-state index contributed by atoms with van der Waals surface area (Å²) < 4.78 is 44.5. The first kappa shape index (κ1) is 42.5. The maximum atomic E-state index is 14.5. The lowest BCUT2D eigenvalue weighted by atomic mass is 9.72. The molecule has 0 unspecified atom stereocenters. The molecule has 58 heavy (non-hydrogen) atoms. The van der Waals surface area contributed by atoms with Crippen molar-refractivity contribution in [2.75, 3.05) is 19.7 Å². The second-order valence-corrected chi connectivity index (χ2v) is 19.7. The predicted octanol–water partition coefficient (Wildman–Crippen LogP) is 3.37. The Balaban J connectivity index is 1.29. The Labute approximate surface area is 338 Å². The summed E-state index contributed by atoms with van der Waals surface area (Å²) in [5, 5.41) is 7.04. The van der Waals surface area contributed by atoms with Gasteiger partial charge in [-0.3, -0.25) is 24.0 Å². The van der Waals surface area contributed by atoms with Gasteiger partial charge >= 0.3 is 18.3 Å². The Kier molecular flexibility index (Phi) is 11.9. The number of benzene rings is 1. The van der Waals surface area contributed by atoms with Gasteiger partial charge in [0, 0.05) is 25.8 Å². The van der Waals surface area contributed by atoms with Crippen molar-refractivity contribution in [3.8, 4) is 0 Å². The number of fused-ring (bicyclic) bond motifs is 3. The highest BCUT2D eigenvalue weighted by atomic mass is 32.2. The number of hydrogen-bond donors (Lipinski definition) is 4. The molecule has 4 bridgehead atoms. The van der Waals surface area contributed by atoms with Crippen LogP contribution in [0.1, 0.15) is 96.3 Å². The Bertz CT molecular complexity index is 2000. The molecule has 0 spiro atoms. The third kappa shape index (κ3) is 10.1. The van der Waals surface area contributed by atoms with Crippen LogP contribution in [-0.2, 0) is 51.7 Å². The van der Waals surface area contributed by atoms with Gasteiger partial charge in [-0.05, 0) is 68.6 Å². The average molecular weight is 827 g/mol. The van der Waals surface area contributed by atoms with Crippen LogP contribution in [0.3, 0.4) is 0 Å². The first-order valence-electron chi connectivity index (χ1n) is 19.6. The van der Waals surface area contributed by atoms with Crippen LogP contribution in [0.2, 0.25) is 0 Å². The lowest BCUT2D eigenvalue weighted by Gasteiger charge is -2.43. The fraction of sp³-hybridized carbons (Fsp3) is 0.600. The van der Waals surface area contributed by atoms with Crippen molar-refractivity contribution in [2.24, 2.45) is 5.41 Å². The zero-order chi connectivity index (χ0) is 42.2. The fourth-order valence-corrected chi connectivity index (χ4v) is 8.92. The van der Waals surface area contributed by atoms with Crippen molar-refractivity contribution in [1.29, 1.82) is 0 Å². The average Bonchev–Trinajstić information content (AvgIpc) is 3.76. The maximum Gasteiger partial charge on any atom is 0.410 e. The molecule has 3 aliphatic heterocycles. The van der Waals surface area contributed by atoms with Crippen LogP contribution in [0.5, 0.6) is 0 Å². The molecule has 3 heterocycles. The number of rotatable bonds is 7. The Hall–Kier alpha value is -5.13. The molecule has 0 aromatic heterocycles. The highest BCUT2D eigenvalue weighted by Gasteiger charge is 2.53. The molecule has 18 heteroatoms. The molecule has 17 nitrogen and oxygen atoms in total. The van der Waals surface area contributed by atoms with Gasteiger partial charge in [0.05, 0.1) is 31.5 Å². The molecule has 0 radical (unpaired) electrons. The number of sulfonamides is 1. The van der Waals surface area contributed by atoms with Crippen molar-refractivity contribution in [3.63, 3.8) is 0 Å². The van der Waals surface area contributed by atoms with Crippen LogP contribution in [0.25, 0.3) is 6.08 Å². The van der Waals surface area contributed by atoms with Crippen molar-refractivity contribution in [2.45, 2.75) is 127 Å². The molecule has 6 amide bonds. The third-order valence-electron chi connectivity index (χ3n) is 10.8. The summed E-state index contributed by atoms with van der Waals surface area (Å²) in [5.74, 6) is -2.56. The molecule has 5 aliphatic rings. The SMILES string of the molecule is C=C1CC(NC(=O)[C@@H]2C[C@@H]3CN2C(=O)[C@H](CNC(=O)OC(C)(C)C)NC(=O)OCC(C)(C)CC/C=C/c2cccc4c2CN(C4)C(=O)O3)(C(=O)NS(=O)(=O)C2CC2)C1. The number of carbonyl (C=O) groups is 6. The standard InChI is InChI=1S/C40H54N6O11S/c1-24-17-40(18-24,34(49)44-58(53,54)28-13-14-28)43-32(47)31-16-27-21-46(31)33(48)30(19-41-35(50)57-38(2,3)4)42-36(51)55-23-39(5,6)15-8-7-10-25-11-9-12-26-20-45(22-29(25)26)37(52)56-27/h7,9-12,27-28,30-31H,1,8,13-23H2,2-6H3,(H,41,50)(H,42,51)(H,43,47)(H,44,49)/b10-7+/t27-,30+,31+/m1/s1. The zero-order valence-corrected chi connectivity index (χ0v) is 34.5. The summed E-state index contributed by atoms with van der Waals surface area (Å²) in [7, 11) is -3.96. The van der Waals surface area contributed by atoms with Crippen molar-refractivity contribution >= 4 is 52.1 Å². The summed E-state index contributed by atoms with van der Waals surface area (Å²) in [6.45, 7) is 12.5. The number of allylic oxidation sites excluding steroid dienone is 1. The van der Waals surface area contributed by atoms with Crippen molar-refractivity contribution in [1.82, 2.24) is 30.5 Å². The van der Waals surface area contributed by atoms with Gasteiger partial charge in [-0.15, -0.1) is 0 Å². The van der Waals surface area contributed by atoms with Gasteiger partial charge < -0.3 is 35.1 Å². The number of hydrogen-bond acceptors (Lipinski definition) is 11. The summed E-state index contributed by atoms with van der Waals surface area (Å²) in [6, 6.07) is 2.99. The predicted molar refractivity (Wildman–Crippen MR) is 210 cm³/mol. The van der Waals surface area contributed by atoms with Crippen LogP contribution in [0.4, 0.5) is 14.4 Å². The fourth-order valence-electron chi connectivity index (χ4n) is 7.54. The number of cyclic esters (lactones) is 1. The number of nitrogens with one attached hydrogen (secondary N) is 4. The lowest BCUT2D eigenvalue weighted by Crippen LogP contribution is -2.67. The Morgan fingerprint density at radius 2 is 1.81 bits per heavy atom. The molecular formula is C40H54N6O11S. The number of amides is 6. The number of nitrogens with zero attached hydrogens (tertiary/aromatic N) is 2. The van der Waals surface area contributed by atoms with E-state index in [0.717, 1.165) is 21.6 Å². The maximum absolute atomic E-state index is 14.5. The van der Waals surface area contributed by atoms with E-state index in [-0.39, 0.29) is 45.5 Å². The van der Waals surface area contributed by atoms with Gasteiger partial charge in [0.25, 0.3) is 5.91 Å². The third-order valence-corrected chi connectivity index (χ3v) is 12.6. The molecule has 1 aromatic rings. The van der Waals surface area contributed by atoms with Crippen LogP contribution >= 0.6 is 0 Å². The topological polar surface area (TPSA) is 219 Å². The molecule has 2 saturated carbocycles. The van der Waals surface area contributed by atoms with E-state index in [1.54, 1.807) is 20.8 Å². The minimum atomic E-state index is -3.96. The van der Waals surface area contributed by atoms with Crippen molar-refractivity contribution in [3.05, 3.63) is 53.1 Å². The largest absolute Gasteiger partial charge is 0.449 e. The van der Waals surface area contributed by atoms with Gasteiger partial charge in [-0.1, -0.05) is 56.4 Å². The smallest absolute Gasteiger partial charge is 0.410 e. The van der Waals surface area contributed by atoms with Crippen LogP contribution in [0.15, 0.2) is 36.4 Å². The molecule has 6 rings (SSSR count). The van der Waals surface area contributed by atoms with Gasteiger partial charge in [0.2, 0.25) is 21.8 Å². The Morgan fingerprint density at radius 3 is 2.48 bits per heavy atom. The van der Waals surface area contributed by atoms with E-state index < -0.39 is 92.6 Å². The first-order valence-corrected chi connectivity index (χ1v) is 21.2. The van der Waals surface area contributed by atoms with Gasteiger partial charge in [0.15, 0.2) is 0 Å². The normalized spacial score (nSPS) is 25.3. The van der Waals surface area contributed by atoms with Crippen LogP contribution in [0, 0.1) is 5.41 Å². The first-order chi connectivity index (χ1) is 27.1. The quantitative estimate of drug-likeness (QED) is 0.231. The highest BCUT2D eigenvalue weighted by molar-refractivity contribution is 7.91.